The van der Waals surface area contributed by atoms with Gasteiger partial charge in [0.2, 0.25) is 0 Å². The lowest BCUT2D eigenvalue weighted by atomic mass is 9.87. The summed E-state index contributed by atoms with van der Waals surface area (Å²) in [6, 6.07) is 14.1. The molecule has 0 aliphatic carbocycles. The number of carbonyl (C=O) groups excluding carboxylic acids is 1. The van der Waals surface area contributed by atoms with Gasteiger partial charge in [-0.2, -0.15) is 0 Å². The van der Waals surface area contributed by atoms with Crippen molar-refractivity contribution in [1.29, 1.82) is 0 Å². The Hall–Kier alpha value is -2.62. The predicted molar refractivity (Wildman–Crippen MR) is 97.8 cm³/mol. The average Bonchev–Trinajstić information content (AvgIpc) is 3.04. The van der Waals surface area contributed by atoms with E-state index in [4.69, 9.17) is 0 Å². The number of hydrogen-bond donors (Lipinski definition) is 1. The van der Waals surface area contributed by atoms with E-state index in [9.17, 15) is 14.7 Å². The largest absolute Gasteiger partial charge is 0.478 e. The fourth-order valence-corrected chi connectivity index (χ4v) is 3.46. The van der Waals surface area contributed by atoms with E-state index in [-0.39, 0.29) is 16.9 Å². The SMILES string of the molecule is CCC1(C)CCN(C(=O)c2ccccc2-c2ccccc2C(=O)O)C1. The molecule has 1 fully saturated rings. The van der Waals surface area contributed by atoms with Crippen molar-refractivity contribution < 1.29 is 14.7 Å². The predicted octanol–water partition coefficient (Wildman–Crippen LogP) is 4.31. The minimum atomic E-state index is -0.988. The maximum atomic E-state index is 13.1. The Morgan fingerprint density at radius 2 is 1.60 bits per heavy atom. The van der Waals surface area contributed by atoms with Crippen molar-refractivity contribution in [2.24, 2.45) is 5.41 Å². The molecular weight excluding hydrogens is 314 g/mol. The van der Waals surface area contributed by atoms with Gasteiger partial charge in [0, 0.05) is 18.7 Å². The second-order valence-electron chi connectivity index (χ2n) is 7.04. The van der Waals surface area contributed by atoms with Gasteiger partial charge in [-0.05, 0) is 41.5 Å². The number of nitrogens with zero attached hydrogens (tertiary/aromatic N) is 1. The minimum absolute atomic E-state index is 0.0204. The molecule has 1 saturated heterocycles. The van der Waals surface area contributed by atoms with E-state index in [0.717, 1.165) is 25.9 Å². The Labute approximate surface area is 148 Å². The molecule has 1 N–H and O–H groups in total. The molecule has 1 amide bonds. The fourth-order valence-electron chi connectivity index (χ4n) is 3.46. The lowest BCUT2D eigenvalue weighted by Crippen LogP contribution is -2.31. The lowest BCUT2D eigenvalue weighted by molar-refractivity contribution is 0.0696. The van der Waals surface area contributed by atoms with Crippen LogP contribution in [0.4, 0.5) is 0 Å². The van der Waals surface area contributed by atoms with Crippen LogP contribution in [0.1, 0.15) is 47.4 Å². The minimum Gasteiger partial charge on any atom is -0.478 e. The molecule has 1 atom stereocenters. The maximum absolute atomic E-state index is 13.1. The number of amides is 1. The molecule has 0 bridgehead atoms. The normalized spacial score (nSPS) is 19.8. The zero-order valence-electron chi connectivity index (χ0n) is 14.7. The number of benzene rings is 2. The van der Waals surface area contributed by atoms with Crippen LogP contribution in [-0.2, 0) is 0 Å². The molecule has 3 rings (SSSR count). The molecule has 2 aromatic carbocycles. The number of carboxylic acid groups (broad SMARTS) is 1. The first-order valence-corrected chi connectivity index (χ1v) is 8.66. The quantitative estimate of drug-likeness (QED) is 0.904. The van der Waals surface area contributed by atoms with E-state index in [1.54, 1.807) is 30.3 Å². The van der Waals surface area contributed by atoms with Crippen LogP contribution in [0.2, 0.25) is 0 Å². The summed E-state index contributed by atoms with van der Waals surface area (Å²) < 4.78 is 0. The van der Waals surface area contributed by atoms with Crippen LogP contribution in [-0.4, -0.2) is 35.0 Å². The van der Waals surface area contributed by atoms with Gasteiger partial charge >= 0.3 is 5.97 Å². The Bertz CT molecular complexity index is 814. The van der Waals surface area contributed by atoms with Gasteiger partial charge in [-0.1, -0.05) is 50.2 Å². The standard InChI is InChI=1S/C21H23NO3/c1-3-21(2)12-13-22(14-21)19(23)17-10-6-4-8-15(17)16-9-5-7-11-18(16)20(24)25/h4-11H,3,12-14H2,1-2H3,(H,24,25). The molecule has 2 aromatic rings. The van der Waals surface area contributed by atoms with E-state index in [1.807, 2.05) is 23.1 Å². The van der Waals surface area contributed by atoms with Crippen molar-refractivity contribution in [2.45, 2.75) is 26.7 Å². The highest BCUT2D eigenvalue weighted by atomic mass is 16.4. The molecule has 1 heterocycles. The van der Waals surface area contributed by atoms with E-state index in [0.29, 0.717) is 16.7 Å². The number of likely N-dealkylation sites (tertiary alicyclic amines) is 1. The summed E-state index contributed by atoms with van der Waals surface area (Å²) in [5, 5.41) is 9.47. The smallest absolute Gasteiger partial charge is 0.336 e. The van der Waals surface area contributed by atoms with Crippen molar-refractivity contribution in [3.63, 3.8) is 0 Å². The molecule has 0 spiro atoms. The van der Waals surface area contributed by atoms with Gasteiger partial charge in [-0.25, -0.2) is 4.79 Å². The van der Waals surface area contributed by atoms with Crippen molar-refractivity contribution in [1.82, 2.24) is 4.90 Å². The van der Waals surface area contributed by atoms with Gasteiger partial charge < -0.3 is 10.0 Å². The first-order chi connectivity index (χ1) is 11.9. The van der Waals surface area contributed by atoms with Gasteiger partial charge in [0.05, 0.1) is 5.56 Å². The third-order valence-corrected chi connectivity index (χ3v) is 5.30. The number of carboxylic acids is 1. The Kier molecular flexibility index (Phi) is 4.62. The highest BCUT2D eigenvalue weighted by Crippen LogP contribution is 2.35. The Morgan fingerprint density at radius 3 is 2.16 bits per heavy atom. The van der Waals surface area contributed by atoms with Crippen LogP contribution in [0.15, 0.2) is 48.5 Å². The zero-order valence-corrected chi connectivity index (χ0v) is 14.7. The second-order valence-corrected chi connectivity index (χ2v) is 7.04. The third kappa shape index (κ3) is 3.29. The maximum Gasteiger partial charge on any atom is 0.336 e. The first kappa shape index (κ1) is 17.2. The number of rotatable bonds is 4. The summed E-state index contributed by atoms with van der Waals surface area (Å²) >= 11 is 0. The molecule has 0 radical (unpaired) electrons. The van der Waals surface area contributed by atoms with Crippen LogP contribution >= 0.6 is 0 Å². The summed E-state index contributed by atoms with van der Waals surface area (Å²) in [5.41, 5.74) is 2.20. The summed E-state index contributed by atoms with van der Waals surface area (Å²) in [6.45, 7) is 5.87. The van der Waals surface area contributed by atoms with Crippen LogP contribution < -0.4 is 0 Å². The molecule has 4 heteroatoms. The molecule has 1 unspecified atom stereocenters. The van der Waals surface area contributed by atoms with Gasteiger partial charge in [-0.3, -0.25) is 4.79 Å². The van der Waals surface area contributed by atoms with Crippen LogP contribution in [0.3, 0.4) is 0 Å². The van der Waals surface area contributed by atoms with Crippen molar-refractivity contribution in [3.05, 3.63) is 59.7 Å². The second kappa shape index (κ2) is 6.71. The summed E-state index contributed by atoms with van der Waals surface area (Å²) in [6.07, 6.45) is 2.05. The van der Waals surface area contributed by atoms with Gasteiger partial charge in [0.25, 0.3) is 5.91 Å². The van der Waals surface area contributed by atoms with E-state index in [1.165, 1.54) is 0 Å². The topological polar surface area (TPSA) is 57.6 Å². The van der Waals surface area contributed by atoms with E-state index < -0.39 is 5.97 Å². The zero-order chi connectivity index (χ0) is 18.0. The van der Waals surface area contributed by atoms with Crippen molar-refractivity contribution in [3.8, 4) is 11.1 Å². The molecular formula is C21H23NO3. The summed E-state index contributed by atoms with van der Waals surface area (Å²) in [5.74, 6) is -1.01. The summed E-state index contributed by atoms with van der Waals surface area (Å²) in [4.78, 5) is 26.6. The highest BCUT2D eigenvalue weighted by molar-refractivity contribution is 6.04. The van der Waals surface area contributed by atoms with Crippen molar-refractivity contribution in [2.75, 3.05) is 13.1 Å². The van der Waals surface area contributed by atoms with Crippen LogP contribution in [0.5, 0.6) is 0 Å². The molecule has 1 aliphatic heterocycles. The monoisotopic (exact) mass is 337 g/mol. The molecule has 0 saturated carbocycles. The molecule has 130 valence electrons. The Morgan fingerprint density at radius 1 is 1.04 bits per heavy atom. The highest BCUT2D eigenvalue weighted by Gasteiger charge is 2.35. The van der Waals surface area contributed by atoms with Gasteiger partial charge in [0.15, 0.2) is 0 Å². The summed E-state index contributed by atoms with van der Waals surface area (Å²) in [7, 11) is 0. The van der Waals surface area contributed by atoms with E-state index in [2.05, 4.69) is 13.8 Å². The Balaban J connectivity index is 2.01. The lowest BCUT2D eigenvalue weighted by Gasteiger charge is -2.23. The van der Waals surface area contributed by atoms with Crippen LogP contribution in [0.25, 0.3) is 11.1 Å². The number of hydrogen-bond acceptors (Lipinski definition) is 2. The third-order valence-electron chi connectivity index (χ3n) is 5.30. The van der Waals surface area contributed by atoms with Crippen LogP contribution in [0, 0.1) is 5.41 Å². The first-order valence-electron chi connectivity index (χ1n) is 8.66. The van der Waals surface area contributed by atoms with E-state index >= 15 is 0 Å². The number of carbonyl (C=O) groups is 2. The van der Waals surface area contributed by atoms with Crippen molar-refractivity contribution >= 4 is 11.9 Å². The fraction of sp³-hybridized carbons (Fsp3) is 0.333. The molecule has 25 heavy (non-hydrogen) atoms. The number of aromatic carboxylic acids is 1. The van der Waals surface area contributed by atoms with Gasteiger partial charge in [-0.15, -0.1) is 0 Å². The molecule has 0 aromatic heterocycles. The average molecular weight is 337 g/mol. The van der Waals surface area contributed by atoms with Gasteiger partial charge in [0.1, 0.15) is 0 Å². The molecule has 4 nitrogen and oxygen atoms in total. The molecule has 1 aliphatic rings.